The summed E-state index contributed by atoms with van der Waals surface area (Å²) in [5.41, 5.74) is 2.68. The minimum absolute atomic E-state index is 0.0325. The Labute approximate surface area is 131 Å². The molecule has 7 heteroatoms. The van der Waals surface area contributed by atoms with Gasteiger partial charge in [0.1, 0.15) is 0 Å². The molecule has 2 aromatic heterocycles. The van der Waals surface area contributed by atoms with Crippen molar-refractivity contribution in [3.63, 3.8) is 0 Å². The number of rotatable bonds is 3. The summed E-state index contributed by atoms with van der Waals surface area (Å²) in [5, 5.41) is 1.34. The highest BCUT2D eigenvalue weighted by Crippen LogP contribution is 2.21. The van der Waals surface area contributed by atoms with Crippen molar-refractivity contribution in [1.29, 1.82) is 0 Å². The van der Waals surface area contributed by atoms with E-state index in [0.717, 1.165) is 29.8 Å². The van der Waals surface area contributed by atoms with E-state index in [1.165, 1.54) is 11.8 Å². The van der Waals surface area contributed by atoms with Crippen LogP contribution in [-0.2, 0) is 19.5 Å². The van der Waals surface area contributed by atoms with Gasteiger partial charge in [0, 0.05) is 38.4 Å². The van der Waals surface area contributed by atoms with Crippen LogP contribution in [0.15, 0.2) is 28.4 Å². The second-order valence-electron chi connectivity index (χ2n) is 4.93. The molecule has 0 amide bonds. The Hall–Kier alpha value is -1.37. The quantitative estimate of drug-likeness (QED) is 0.692. The van der Waals surface area contributed by atoms with Gasteiger partial charge in [0.2, 0.25) is 0 Å². The highest BCUT2D eigenvalue weighted by molar-refractivity contribution is 7.98. The van der Waals surface area contributed by atoms with Crippen LogP contribution in [0.25, 0.3) is 0 Å². The van der Waals surface area contributed by atoms with Crippen molar-refractivity contribution in [3.05, 3.63) is 50.7 Å². The molecule has 0 spiro atoms. The van der Waals surface area contributed by atoms with Gasteiger partial charge in [-0.2, -0.15) is 0 Å². The number of halogens is 1. The lowest BCUT2D eigenvalue weighted by atomic mass is 10.1. The van der Waals surface area contributed by atoms with E-state index in [-0.39, 0.29) is 5.56 Å². The summed E-state index contributed by atoms with van der Waals surface area (Å²) in [6, 6.07) is 1.91. The summed E-state index contributed by atoms with van der Waals surface area (Å²) in [6.45, 7) is 2.19. The first-order valence-corrected chi connectivity index (χ1v) is 8.24. The first-order chi connectivity index (χ1) is 10.2. The lowest BCUT2D eigenvalue weighted by Crippen LogP contribution is -2.35. The number of nitrogens with zero attached hydrogens (tertiary/aromatic N) is 3. The molecule has 110 valence electrons. The van der Waals surface area contributed by atoms with Crippen molar-refractivity contribution in [2.24, 2.45) is 0 Å². The van der Waals surface area contributed by atoms with Gasteiger partial charge in [-0.05, 0) is 17.9 Å². The first-order valence-electron chi connectivity index (χ1n) is 6.64. The molecule has 3 heterocycles. The van der Waals surface area contributed by atoms with Crippen molar-refractivity contribution < 1.29 is 0 Å². The molecule has 0 saturated carbocycles. The molecule has 0 atom stereocenters. The van der Waals surface area contributed by atoms with Crippen molar-refractivity contribution >= 4 is 23.4 Å². The van der Waals surface area contributed by atoms with E-state index in [1.54, 1.807) is 12.4 Å². The van der Waals surface area contributed by atoms with Crippen LogP contribution >= 0.6 is 23.4 Å². The number of nitrogens with one attached hydrogen (secondary N) is 1. The minimum atomic E-state index is -0.0325. The minimum Gasteiger partial charge on any atom is -0.301 e. The van der Waals surface area contributed by atoms with Gasteiger partial charge in [0.05, 0.1) is 16.3 Å². The molecule has 3 rings (SSSR count). The number of thioether (sulfide) groups is 1. The van der Waals surface area contributed by atoms with Crippen LogP contribution in [0.5, 0.6) is 0 Å². The Kier molecular flexibility index (Phi) is 4.28. The van der Waals surface area contributed by atoms with Crippen LogP contribution in [0, 0.1) is 0 Å². The fourth-order valence-corrected chi connectivity index (χ4v) is 3.04. The second kappa shape index (κ2) is 6.17. The van der Waals surface area contributed by atoms with Gasteiger partial charge in [-0.1, -0.05) is 23.4 Å². The monoisotopic (exact) mass is 322 g/mol. The lowest BCUT2D eigenvalue weighted by molar-refractivity contribution is 0.241. The van der Waals surface area contributed by atoms with Gasteiger partial charge < -0.3 is 4.98 Å². The standard InChI is InChI=1S/C14H15ClN4OS/c1-21-14-17-12-3-5-19(8-10(12)13(20)18-14)7-9-2-4-16-6-11(9)15/h2,4,6H,3,5,7-8H2,1H3,(H,17,18,20). The second-order valence-corrected chi connectivity index (χ2v) is 6.13. The molecule has 1 aliphatic rings. The summed E-state index contributed by atoms with van der Waals surface area (Å²) in [5.74, 6) is 0. The summed E-state index contributed by atoms with van der Waals surface area (Å²) in [6.07, 6.45) is 6.08. The van der Waals surface area contributed by atoms with Gasteiger partial charge in [-0.15, -0.1) is 0 Å². The smallest absolute Gasteiger partial charge is 0.256 e. The average molecular weight is 323 g/mol. The molecule has 2 aromatic rings. The maximum atomic E-state index is 12.1. The summed E-state index contributed by atoms with van der Waals surface area (Å²) >= 11 is 7.60. The van der Waals surface area contributed by atoms with Crippen LogP contribution in [-0.4, -0.2) is 32.7 Å². The number of hydrogen-bond acceptors (Lipinski definition) is 5. The Morgan fingerprint density at radius 2 is 2.38 bits per heavy atom. The molecule has 0 saturated heterocycles. The van der Waals surface area contributed by atoms with E-state index >= 15 is 0 Å². The molecule has 0 fully saturated rings. The Morgan fingerprint density at radius 1 is 1.52 bits per heavy atom. The highest BCUT2D eigenvalue weighted by Gasteiger charge is 2.21. The topological polar surface area (TPSA) is 61.9 Å². The first kappa shape index (κ1) is 14.6. The highest BCUT2D eigenvalue weighted by atomic mass is 35.5. The largest absolute Gasteiger partial charge is 0.301 e. The van der Waals surface area contributed by atoms with Gasteiger partial charge >= 0.3 is 0 Å². The number of fused-ring (bicyclic) bond motifs is 1. The Bertz CT molecular complexity index is 718. The Morgan fingerprint density at radius 3 is 3.14 bits per heavy atom. The lowest BCUT2D eigenvalue weighted by Gasteiger charge is -2.27. The van der Waals surface area contributed by atoms with Gasteiger partial charge in [-0.3, -0.25) is 14.7 Å². The molecular formula is C14H15ClN4OS. The van der Waals surface area contributed by atoms with Gasteiger partial charge in [0.25, 0.3) is 5.56 Å². The van der Waals surface area contributed by atoms with Gasteiger partial charge in [-0.25, -0.2) is 4.98 Å². The number of aromatic nitrogens is 3. The summed E-state index contributed by atoms with van der Waals surface area (Å²) < 4.78 is 0. The maximum absolute atomic E-state index is 12.1. The van der Waals surface area contributed by atoms with Crippen molar-refractivity contribution in [2.45, 2.75) is 24.7 Å². The SMILES string of the molecule is CSc1nc2c(c(=O)[nH]1)CN(Cc1ccncc1Cl)CC2. The predicted octanol–water partition coefficient (Wildman–Crippen LogP) is 2.10. The van der Waals surface area contributed by atoms with Gasteiger partial charge in [0.15, 0.2) is 5.16 Å². The summed E-state index contributed by atoms with van der Waals surface area (Å²) in [4.78, 5) is 25.6. The van der Waals surface area contributed by atoms with Crippen LogP contribution in [0.2, 0.25) is 5.02 Å². The van der Waals surface area contributed by atoms with Crippen LogP contribution in [0.1, 0.15) is 16.8 Å². The molecule has 0 radical (unpaired) electrons. The molecule has 21 heavy (non-hydrogen) atoms. The molecule has 0 unspecified atom stereocenters. The molecule has 0 bridgehead atoms. The van der Waals surface area contributed by atoms with Crippen LogP contribution in [0.3, 0.4) is 0 Å². The van der Waals surface area contributed by atoms with E-state index < -0.39 is 0 Å². The predicted molar refractivity (Wildman–Crippen MR) is 83.7 cm³/mol. The Balaban J connectivity index is 1.82. The van der Waals surface area contributed by atoms with E-state index in [0.29, 0.717) is 23.3 Å². The third-order valence-corrected chi connectivity index (χ3v) is 4.49. The number of H-pyrrole nitrogens is 1. The van der Waals surface area contributed by atoms with E-state index in [1.807, 2.05) is 12.3 Å². The molecule has 1 aliphatic heterocycles. The number of aromatic amines is 1. The fourth-order valence-electron chi connectivity index (χ4n) is 2.46. The summed E-state index contributed by atoms with van der Waals surface area (Å²) in [7, 11) is 0. The van der Waals surface area contributed by atoms with E-state index in [4.69, 9.17) is 11.6 Å². The van der Waals surface area contributed by atoms with E-state index in [2.05, 4.69) is 19.9 Å². The van der Waals surface area contributed by atoms with Crippen molar-refractivity contribution in [2.75, 3.05) is 12.8 Å². The maximum Gasteiger partial charge on any atom is 0.256 e. The zero-order valence-electron chi connectivity index (χ0n) is 11.6. The third kappa shape index (κ3) is 3.12. The normalized spacial score (nSPS) is 15.0. The van der Waals surface area contributed by atoms with Crippen molar-refractivity contribution in [3.8, 4) is 0 Å². The molecule has 0 aromatic carbocycles. The third-order valence-electron chi connectivity index (χ3n) is 3.57. The molecule has 1 N–H and O–H groups in total. The number of hydrogen-bond donors (Lipinski definition) is 1. The van der Waals surface area contributed by atoms with Crippen molar-refractivity contribution in [1.82, 2.24) is 19.9 Å². The zero-order chi connectivity index (χ0) is 14.8. The molecule has 0 aliphatic carbocycles. The molecule has 5 nitrogen and oxygen atoms in total. The average Bonchev–Trinajstić information content (AvgIpc) is 2.50. The van der Waals surface area contributed by atoms with Crippen LogP contribution < -0.4 is 5.56 Å². The van der Waals surface area contributed by atoms with E-state index in [9.17, 15) is 4.79 Å². The van der Waals surface area contributed by atoms with Crippen LogP contribution in [0.4, 0.5) is 0 Å². The number of pyridine rings is 1. The zero-order valence-corrected chi connectivity index (χ0v) is 13.2. The molecular weight excluding hydrogens is 308 g/mol. The fraction of sp³-hybridized carbons (Fsp3) is 0.357.